The fourth-order valence-corrected chi connectivity index (χ4v) is 3.49. The van der Waals surface area contributed by atoms with E-state index >= 15 is 0 Å². The van der Waals surface area contributed by atoms with Gasteiger partial charge in [-0.1, -0.05) is 12.1 Å². The minimum absolute atomic E-state index is 0.0784. The average Bonchev–Trinajstić information content (AvgIpc) is 3.35. The molecule has 3 aromatic rings. The summed E-state index contributed by atoms with van der Waals surface area (Å²) in [7, 11) is 0. The van der Waals surface area contributed by atoms with Gasteiger partial charge >= 0.3 is 0 Å². The largest absolute Gasteiger partial charge is 0.469 e. The number of hydrogen-bond donors (Lipinski definition) is 0. The number of aromatic nitrogens is 2. The molecule has 1 aromatic carbocycles. The first-order valence-corrected chi connectivity index (χ1v) is 9.70. The summed E-state index contributed by atoms with van der Waals surface area (Å²) in [4.78, 5) is 16.6. The van der Waals surface area contributed by atoms with E-state index in [-0.39, 0.29) is 11.7 Å². The number of furan rings is 1. The lowest BCUT2D eigenvalue weighted by atomic mass is 10.2. The van der Waals surface area contributed by atoms with Crippen molar-refractivity contribution in [3.63, 3.8) is 0 Å². The van der Waals surface area contributed by atoms with E-state index in [1.165, 1.54) is 6.07 Å². The number of carbonyl (C=O) groups is 1. The maximum absolute atomic E-state index is 13.3. The SMILES string of the molecule is Cc1occc1-c1nnc(CCC(=O)N2CCN(Cc3cccc(F)c3)CC2)o1. The van der Waals surface area contributed by atoms with E-state index in [9.17, 15) is 9.18 Å². The number of rotatable bonds is 6. The Morgan fingerprint density at radius 3 is 2.72 bits per heavy atom. The first-order valence-electron chi connectivity index (χ1n) is 9.70. The standard InChI is InChI=1S/C21H23FN4O3/c1-15-18(7-12-28-15)21-24-23-19(29-21)5-6-20(27)26-10-8-25(9-11-26)14-16-3-2-4-17(22)13-16/h2-4,7,12-13H,5-6,8-11,14H2,1H3. The molecule has 0 atom stereocenters. The summed E-state index contributed by atoms with van der Waals surface area (Å²) >= 11 is 0. The maximum Gasteiger partial charge on any atom is 0.251 e. The Morgan fingerprint density at radius 1 is 1.17 bits per heavy atom. The molecule has 4 rings (SSSR count). The second kappa shape index (κ2) is 8.57. The van der Waals surface area contributed by atoms with Crippen LogP contribution in [0.5, 0.6) is 0 Å². The van der Waals surface area contributed by atoms with Crippen LogP contribution in [0, 0.1) is 12.7 Å². The van der Waals surface area contributed by atoms with Gasteiger partial charge < -0.3 is 13.7 Å². The molecule has 1 saturated heterocycles. The van der Waals surface area contributed by atoms with Gasteiger partial charge in [0.1, 0.15) is 11.6 Å². The number of hydrogen-bond acceptors (Lipinski definition) is 6. The molecular formula is C21H23FN4O3. The molecule has 29 heavy (non-hydrogen) atoms. The Labute approximate surface area is 168 Å². The van der Waals surface area contributed by atoms with Crippen LogP contribution in [-0.4, -0.2) is 52.1 Å². The molecule has 8 heteroatoms. The van der Waals surface area contributed by atoms with Crippen molar-refractivity contribution in [2.75, 3.05) is 26.2 Å². The Balaban J connectivity index is 1.24. The van der Waals surface area contributed by atoms with Gasteiger partial charge in [-0.25, -0.2) is 4.39 Å². The predicted octanol–water partition coefficient (Wildman–Crippen LogP) is 3.05. The number of halogens is 1. The minimum atomic E-state index is -0.219. The van der Waals surface area contributed by atoms with Crippen molar-refractivity contribution >= 4 is 5.91 Å². The number of aryl methyl sites for hydroxylation is 2. The van der Waals surface area contributed by atoms with Crippen molar-refractivity contribution < 1.29 is 18.0 Å². The van der Waals surface area contributed by atoms with Gasteiger partial charge in [0, 0.05) is 45.6 Å². The number of nitrogens with zero attached hydrogens (tertiary/aromatic N) is 4. The van der Waals surface area contributed by atoms with Gasteiger partial charge in [0.15, 0.2) is 0 Å². The Kier molecular flexibility index (Phi) is 5.71. The number of amides is 1. The molecule has 1 amide bonds. The molecule has 152 valence electrons. The van der Waals surface area contributed by atoms with E-state index in [0.29, 0.717) is 50.0 Å². The maximum atomic E-state index is 13.3. The van der Waals surface area contributed by atoms with Gasteiger partial charge in [-0.2, -0.15) is 0 Å². The lowest BCUT2D eigenvalue weighted by molar-refractivity contribution is -0.133. The van der Waals surface area contributed by atoms with Crippen molar-refractivity contribution in [2.45, 2.75) is 26.3 Å². The highest BCUT2D eigenvalue weighted by atomic mass is 19.1. The smallest absolute Gasteiger partial charge is 0.251 e. The summed E-state index contributed by atoms with van der Waals surface area (Å²) in [5.41, 5.74) is 1.72. The Bertz CT molecular complexity index is 976. The molecule has 2 aromatic heterocycles. The molecule has 1 aliphatic heterocycles. The third kappa shape index (κ3) is 4.71. The Morgan fingerprint density at radius 2 is 2.00 bits per heavy atom. The van der Waals surface area contributed by atoms with Crippen molar-refractivity contribution in [3.05, 3.63) is 59.6 Å². The van der Waals surface area contributed by atoms with Crippen LogP contribution in [0.1, 0.15) is 23.6 Å². The van der Waals surface area contributed by atoms with Gasteiger partial charge in [-0.15, -0.1) is 10.2 Å². The van der Waals surface area contributed by atoms with Gasteiger partial charge in [-0.3, -0.25) is 9.69 Å². The zero-order valence-corrected chi connectivity index (χ0v) is 16.3. The Hall–Kier alpha value is -3.00. The predicted molar refractivity (Wildman–Crippen MR) is 103 cm³/mol. The summed E-state index contributed by atoms with van der Waals surface area (Å²) in [6.07, 6.45) is 2.31. The summed E-state index contributed by atoms with van der Waals surface area (Å²) in [6.45, 7) is 5.39. The monoisotopic (exact) mass is 398 g/mol. The molecule has 0 saturated carbocycles. The number of piperazine rings is 1. The van der Waals surface area contributed by atoms with Crippen LogP contribution in [0.25, 0.3) is 11.5 Å². The van der Waals surface area contributed by atoms with Crippen molar-refractivity contribution in [2.24, 2.45) is 0 Å². The van der Waals surface area contributed by atoms with Crippen molar-refractivity contribution in [1.29, 1.82) is 0 Å². The highest BCUT2D eigenvalue weighted by molar-refractivity contribution is 5.76. The second-order valence-corrected chi connectivity index (χ2v) is 7.18. The first-order chi connectivity index (χ1) is 14.1. The van der Waals surface area contributed by atoms with Crippen LogP contribution in [-0.2, 0) is 17.8 Å². The number of carbonyl (C=O) groups excluding carboxylic acids is 1. The summed E-state index contributed by atoms with van der Waals surface area (Å²) in [6, 6.07) is 8.43. The molecule has 7 nitrogen and oxygen atoms in total. The highest BCUT2D eigenvalue weighted by Crippen LogP contribution is 2.23. The minimum Gasteiger partial charge on any atom is -0.469 e. The molecule has 1 aliphatic rings. The zero-order chi connectivity index (χ0) is 20.2. The highest BCUT2D eigenvalue weighted by Gasteiger charge is 2.22. The fourth-order valence-electron chi connectivity index (χ4n) is 3.49. The fraction of sp³-hybridized carbons (Fsp3) is 0.381. The van der Waals surface area contributed by atoms with Gasteiger partial charge in [0.05, 0.1) is 11.8 Å². The third-order valence-corrected chi connectivity index (χ3v) is 5.13. The molecule has 0 unspecified atom stereocenters. The zero-order valence-electron chi connectivity index (χ0n) is 16.3. The van der Waals surface area contributed by atoms with Crippen LogP contribution in [0.15, 0.2) is 45.4 Å². The third-order valence-electron chi connectivity index (χ3n) is 5.13. The molecule has 1 fully saturated rings. The van der Waals surface area contributed by atoms with E-state index in [2.05, 4.69) is 15.1 Å². The van der Waals surface area contributed by atoms with E-state index in [0.717, 1.165) is 24.2 Å². The first kappa shape index (κ1) is 19.3. The molecule has 0 N–H and O–H groups in total. The van der Waals surface area contributed by atoms with Crippen LogP contribution >= 0.6 is 0 Å². The summed E-state index contributed by atoms with van der Waals surface area (Å²) < 4.78 is 24.2. The van der Waals surface area contributed by atoms with Gasteiger partial charge in [-0.05, 0) is 30.7 Å². The average molecular weight is 398 g/mol. The molecule has 0 spiro atoms. The van der Waals surface area contributed by atoms with Crippen LogP contribution in [0.2, 0.25) is 0 Å². The van der Waals surface area contributed by atoms with E-state index in [1.807, 2.05) is 17.9 Å². The molecule has 0 radical (unpaired) electrons. The normalized spacial score (nSPS) is 15.0. The van der Waals surface area contributed by atoms with Crippen LogP contribution in [0.4, 0.5) is 4.39 Å². The topological polar surface area (TPSA) is 75.6 Å². The van der Waals surface area contributed by atoms with Gasteiger partial charge in [0.25, 0.3) is 5.89 Å². The van der Waals surface area contributed by atoms with Gasteiger partial charge in [0.2, 0.25) is 11.8 Å². The van der Waals surface area contributed by atoms with E-state index < -0.39 is 0 Å². The molecule has 0 aliphatic carbocycles. The lowest BCUT2D eigenvalue weighted by Crippen LogP contribution is -2.48. The number of benzene rings is 1. The summed E-state index contributed by atoms with van der Waals surface area (Å²) in [5, 5.41) is 8.06. The van der Waals surface area contributed by atoms with E-state index in [1.54, 1.807) is 24.5 Å². The van der Waals surface area contributed by atoms with Crippen LogP contribution < -0.4 is 0 Å². The quantitative estimate of drug-likeness (QED) is 0.635. The van der Waals surface area contributed by atoms with E-state index in [4.69, 9.17) is 8.83 Å². The van der Waals surface area contributed by atoms with Crippen molar-refractivity contribution in [1.82, 2.24) is 20.0 Å². The van der Waals surface area contributed by atoms with Crippen LogP contribution in [0.3, 0.4) is 0 Å². The molecule has 0 bridgehead atoms. The lowest BCUT2D eigenvalue weighted by Gasteiger charge is -2.34. The summed E-state index contributed by atoms with van der Waals surface area (Å²) in [5.74, 6) is 1.42. The molecule has 3 heterocycles. The molecular weight excluding hydrogens is 375 g/mol. The van der Waals surface area contributed by atoms with Crippen molar-refractivity contribution in [3.8, 4) is 11.5 Å². The second-order valence-electron chi connectivity index (χ2n) is 7.18.